The van der Waals surface area contributed by atoms with E-state index in [0.717, 1.165) is 43.8 Å². The summed E-state index contributed by atoms with van der Waals surface area (Å²) in [7, 11) is 1.67. The monoisotopic (exact) mass is 355 g/mol. The Balaban J connectivity index is 0.00000288. The Morgan fingerprint density at radius 2 is 2.25 bits per heavy atom. The number of nitrogens with two attached hydrogens (primary N) is 1. The summed E-state index contributed by atoms with van der Waals surface area (Å²) in [6, 6.07) is 8.19. The molecule has 1 saturated heterocycles. The molecular formula is C18H30ClN3O2. The number of rotatable bonds is 6. The second kappa shape index (κ2) is 9.14. The molecule has 1 aliphatic heterocycles. The van der Waals surface area contributed by atoms with Gasteiger partial charge in [-0.15, -0.1) is 12.4 Å². The van der Waals surface area contributed by atoms with Crippen LogP contribution in [0.2, 0.25) is 0 Å². The summed E-state index contributed by atoms with van der Waals surface area (Å²) in [4.78, 5) is 14.7. The molecule has 1 amide bonds. The van der Waals surface area contributed by atoms with E-state index in [0.29, 0.717) is 6.42 Å². The van der Waals surface area contributed by atoms with Crippen LogP contribution in [0.3, 0.4) is 0 Å². The number of hydrogen-bond donors (Lipinski definition) is 2. The zero-order chi connectivity index (χ0) is 16.9. The number of anilines is 1. The van der Waals surface area contributed by atoms with Gasteiger partial charge < -0.3 is 20.7 Å². The SMILES string of the molecule is CCCC(C)(N)C(=O)NC1CCCN(c2cccc(OC)c2)C1.Cl. The summed E-state index contributed by atoms with van der Waals surface area (Å²) in [6.45, 7) is 5.66. The lowest BCUT2D eigenvalue weighted by atomic mass is 9.95. The molecule has 0 radical (unpaired) electrons. The number of benzene rings is 1. The highest BCUT2D eigenvalue weighted by molar-refractivity contribution is 5.86. The van der Waals surface area contributed by atoms with Crippen molar-refractivity contribution in [3.63, 3.8) is 0 Å². The number of amides is 1. The molecule has 1 aliphatic rings. The molecule has 24 heavy (non-hydrogen) atoms. The highest BCUT2D eigenvalue weighted by atomic mass is 35.5. The van der Waals surface area contributed by atoms with Gasteiger partial charge in [0.2, 0.25) is 5.91 Å². The lowest BCUT2D eigenvalue weighted by molar-refractivity contribution is -0.126. The normalized spacial score (nSPS) is 19.8. The Hall–Kier alpha value is -1.46. The summed E-state index contributed by atoms with van der Waals surface area (Å²) >= 11 is 0. The highest BCUT2D eigenvalue weighted by Crippen LogP contribution is 2.24. The van der Waals surface area contributed by atoms with Gasteiger partial charge in [0.15, 0.2) is 0 Å². The third-order valence-electron chi connectivity index (χ3n) is 4.46. The first-order valence-electron chi connectivity index (χ1n) is 8.45. The van der Waals surface area contributed by atoms with Crippen LogP contribution >= 0.6 is 12.4 Å². The number of carbonyl (C=O) groups excluding carboxylic acids is 1. The second-order valence-electron chi connectivity index (χ2n) is 6.63. The average molecular weight is 356 g/mol. The standard InChI is InChI=1S/C18H29N3O2.ClH/c1-4-10-18(2,19)17(22)20-14-7-6-11-21(13-14)15-8-5-9-16(12-15)23-3;/h5,8-9,12,14H,4,6-7,10-11,13,19H2,1-3H3,(H,20,22);1H. The number of carbonyl (C=O) groups is 1. The van der Waals surface area contributed by atoms with Crippen LogP contribution in [-0.2, 0) is 4.79 Å². The fraction of sp³-hybridized carbons (Fsp3) is 0.611. The Morgan fingerprint density at radius 3 is 2.92 bits per heavy atom. The third-order valence-corrected chi connectivity index (χ3v) is 4.46. The Kier molecular flexibility index (Phi) is 7.84. The van der Waals surface area contributed by atoms with Gasteiger partial charge >= 0.3 is 0 Å². The van der Waals surface area contributed by atoms with Crippen molar-refractivity contribution in [1.82, 2.24) is 5.32 Å². The van der Waals surface area contributed by atoms with Gasteiger partial charge in [0.1, 0.15) is 5.75 Å². The van der Waals surface area contributed by atoms with Crippen molar-refractivity contribution in [3.8, 4) is 5.75 Å². The molecule has 0 aliphatic carbocycles. The van der Waals surface area contributed by atoms with E-state index in [4.69, 9.17) is 10.5 Å². The number of piperidine rings is 1. The minimum atomic E-state index is -0.785. The Morgan fingerprint density at radius 1 is 1.50 bits per heavy atom. The van der Waals surface area contributed by atoms with Crippen molar-refractivity contribution in [3.05, 3.63) is 24.3 Å². The van der Waals surface area contributed by atoms with Gasteiger partial charge in [0, 0.05) is 30.9 Å². The zero-order valence-electron chi connectivity index (χ0n) is 14.9. The van der Waals surface area contributed by atoms with E-state index in [1.165, 1.54) is 0 Å². The maximum Gasteiger partial charge on any atom is 0.240 e. The van der Waals surface area contributed by atoms with E-state index in [9.17, 15) is 4.79 Å². The predicted molar refractivity (Wildman–Crippen MR) is 101 cm³/mol. The zero-order valence-corrected chi connectivity index (χ0v) is 15.7. The van der Waals surface area contributed by atoms with Crippen LogP contribution in [0.25, 0.3) is 0 Å². The van der Waals surface area contributed by atoms with Crippen molar-refractivity contribution >= 4 is 24.0 Å². The largest absolute Gasteiger partial charge is 0.497 e. The van der Waals surface area contributed by atoms with Crippen LogP contribution in [-0.4, -0.2) is 37.7 Å². The van der Waals surface area contributed by atoms with Crippen molar-refractivity contribution in [2.24, 2.45) is 5.73 Å². The summed E-state index contributed by atoms with van der Waals surface area (Å²) in [5.41, 5.74) is 6.48. The minimum Gasteiger partial charge on any atom is -0.497 e. The molecule has 136 valence electrons. The van der Waals surface area contributed by atoms with Crippen LogP contribution in [0.1, 0.15) is 39.5 Å². The fourth-order valence-electron chi connectivity index (χ4n) is 3.12. The molecular weight excluding hydrogens is 326 g/mol. The molecule has 0 bridgehead atoms. The summed E-state index contributed by atoms with van der Waals surface area (Å²) < 4.78 is 5.30. The molecule has 1 heterocycles. The Labute approximate surface area is 151 Å². The summed E-state index contributed by atoms with van der Waals surface area (Å²) in [6.07, 6.45) is 3.65. The fourth-order valence-corrected chi connectivity index (χ4v) is 3.12. The van der Waals surface area contributed by atoms with E-state index >= 15 is 0 Å². The molecule has 0 spiro atoms. The number of ether oxygens (including phenoxy) is 1. The quantitative estimate of drug-likeness (QED) is 0.823. The van der Waals surface area contributed by atoms with E-state index < -0.39 is 5.54 Å². The van der Waals surface area contributed by atoms with Gasteiger partial charge in [-0.25, -0.2) is 0 Å². The number of halogens is 1. The van der Waals surface area contributed by atoms with Crippen molar-refractivity contribution in [2.75, 3.05) is 25.1 Å². The first-order chi connectivity index (χ1) is 11.0. The molecule has 2 atom stereocenters. The smallest absolute Gasteiger partial charge is 0.240 e. The second-order valence-corrected chi connectivity index (χ2v) is 6.63. The molecule has 2 unspecified atom stereocenters. The van der Waals surface area contributed by atoms with Crippen molar-refractivity contribution in [2.45, 2.75) is 51.1 Å². The van der Waals surface area contributed by atoms with Crippen molar-refractivity contribution in [1.29, 1.82) is 0 Å². The van der Waals surface area contributed by atoms with Gasteiger partial charge in [-0.05, 0) is 38.3 Å². The molecule has 3 N–H and O–H groups in total. The van der Waals surface area contributed by atoms with E-state index in [-0.39, 0.29) is 24.4 Å². The van der Waals surface area contributed by atoms with Crippen LogP contribution in [0.5, 0.6) is 5.75 Å². The first-order valence-corrected chi connectivity index (χ1v) is 8.45. The molecule has 6 heteroatoms. The Bertz CT molecular complexity index is 537. The van der Waals surface area contributed by atoms with Gasteiger partial charge in [0.05, 0.1) is 12.6 Å². The topological polar surface area (TPSA) is 67.6 Å². The average Bonchev–Trinajstić information content (AvgIpc) is 2.55. The predicted octanol–water partition coefficient (Wildman–Crippen LogP) is 2.72. The van der Waals surface area contributed by atoms with Crippen LogP contribution < -0.4 is 20.7 Å². The number of hydrogen-bond acceptors (Lipinski definition) is 4. The van der Waals surface area contributed by atoms with E-state index in [1.54, 1.807) is 7.11 Å². The number of methoxy groups -OCH3 is 1. The molecule has 1 fully saturated rings. The van der Waals surface area contributed by atoms with Crippen LogP contribution in [0.4, 0.5) is 5.69 Å². The number of nitrogens with zero attached hydrogens (tertiary/aromatic N) is 1. The van der Waals surface area contributed by atoms with Crippen LogP contribution in [0.15, 0.2) is 24.3 Å². The van der Waals surface area contributed by atoms with E-state index in [1.807, 2.05) is 32.0 Å². The van der Waals surface area contributed by atoms with Gasteiger partial charge in [-0.3, -0.25) is 4.79 Å². The van der Waals surface area contributed by atoms with Gasteiger partial charge in [-0.2, -0.15) is 0 Å². The summed E-state index contributed by atoms with van der Waals surface area (Å²) in [5.74, 6) is 0.808. The first kappa shape index (κ1) is 20.6. The van der Waals surface area contributed by atoms with Crippen LogP contribution in [0, 0.1) is 0 Å². The van der Waals surface area contributed by atoms with E-state index in [2.05, 4.69) is 16.3 Å². The molecule has 5 nitrogen and oxygen atoms in total. The van der Waals surface area contributed by atoms with Crippen molar-refractivity contribution < 1.29 is 9.53 Å². The third kappa shape index (κ3) is 5.28. The molecule has 1 aromatic carbocycles. The maximum atomic E-state index is 12.4. The maximum absolute atomic E-state index is 12.4. The highest BCUT2D eigenvalue weighted by Gasteiger charge is 2.30. The summed E-state index contributed by atoms with van der Waals surface area (Å²) in [5, 5.41) is 3.14. The minimum absolute atomic E-state index is 0. The number of nitrogens with one attached hydrogen (secondary N) is 1. The molecule has 0 saturated carbocycles. The molecule has 1 aromatic rings. The van der Waals surface area contributed by atoms with Gasteiger partial charge in [0.25, 0.3) is 0 Å². The molecule has 2 rings (SSSR count). The lowest BCUT2D eigenvalue weighted by Crippen LogP contribution is -2.57. The van der Waals surface area contributed by atoms with Gasteiger partial charge in [-0.1, -0.05) is 19.4 Å². The lowest BCUT2D eigenvalue weighted by Gasteiger charge is -2.36. The molecule has 0 aromatic heterocycles.